The van der Waals surface area contributed by atoms with Gasteiger partial charge in [0, 0.05) is 30.2 Å². The van der Waals surface area contributed by atoms with Crippen LogP contribution in [0.4, 0.5) is 5.69 Å². The molecule has 2 heterocycles. The Hall–Kier alpha value is -2.07. The standard InChI is InChI=1S/C15H16N2O2/c1-10-12-8-11(14-4-3-7-17(14)2)5-6-13(12)16-15(18)9-19-10/h3-8,10H,9H2,1-2H3,(H,16,18). The minimum absolute atomic E-state index is 0.0887. The van der Waals surface area contributed by atoms with Crippen LogP contribution >= 0.6 is 0 Å². The van der Waals surface area contributed by atoms with Crippen molar-refractivity contribution >= 4 is 11.6 Å². The number of aromatic nitrogens is 1. The van der Waals surface area contributed by atoms with Crippen LogP contribution in [-0.4, -0.2) is 17.1 Å². The number of aryl methyl sites for hydroxylation is 1. The SMILES string of the molecule is CC1OCC(=O)Nc2ccc(-c3cccn3C)cc21. The van der Waals surface area contributed by atoms with Crippen LogP contribution in [0, 0.1) is 0 Å². The monoisotopic (exact) mass is 256 g/mol. The van der Waals surface area contributed by atoms with Crippen LogP contribution in [0.15, 0.2) is 36.5 Å². The molecule has 0 saturated heterocycles. The molecule has 1 N–H and O–H groups in total. The third kappa shape index (κ3) is 2.15. The molecule has 0 aliphatic carbocycles. The number of carbonyl (C=O) groups is 1. The molecular formula is C15H16N2O2. The Labute approximate surface area is 112 Å². The van der Waals surface area contributed by atoms with Gasteiger partial charge >= 0.3 is 0 Å². The van der Waals surface area contributed by atoms with Crippen molar-refractivity contribution in [3.8, 4) is 11.3 Å². The zero-order valence-corrected chi connectivity index (χ0v) is 11.0. The van der Waals surface area contributed by atoms with Gasteiger partial charge in [0.25, 0.3) is 0 Å². The molecule has 1 aliphatic rings. The fourth-order valence-electron chi connectivity index (χ4n) is 2.41. The van der Waals surface area contributed by atoms with Crippen LogP contribution in [0.2, 0.25) is 0 Å². The van der Waals surface area contributed by atoms with Gasteiger partial charge in [-0.2, -0.15) is 0 Å². The van der Waals surface area contributed by atoms with Gasteiger partial charge in [0.15, 0.2) is 0 Å². The number of rotatable bonds is 1. The van der Waals surface area contributed by atoms with Crippen LogP contribution < -0.4 is 5.32 Å². The van der Waals surface area contributed by atoms with Gasteiger partial charge in [0.05, 0.1) is 6.10 Å². The maximum absolute atomic E-state index is 11.5. The predicted octanol–water partition coefficient (Wildman–Crippen LogP) is 2.72. The topological polar surface area (TPSA) is 43.3 Å². The number of fused-ring (bicyclic) bond motifs is 1. The van der Waals surface area contributed by atoms with E-state index in [0.29, 0.717) is 0 Å². The van der Waals surface area contributed by atoms with Crippen molar-refractivity contribution < 1.29 is 9.53 Å². The molecule has 1 amide bonds. The summed E-state index contributed by atoms with van der Waals surface area (Å²) in [4.78, 5) is 11.5. The van der Waals surface area contributed by atoms with Crippen molar-refractivity contribution in [2.75, 3.05) is 11.9 Å². The highest BCUT2D eigenvalue weighted by molar-refractivity contribution is 5.93. The molecule has 1 aliphatic heterocycles. The van der Waals surface area contributed by atoms with E-state index in [0.717, 1.165) is 22.5 Å². The summed E-state index contributed by atoms with van der Waals surface area (Å²) in [6.07, 6.45) is 1.93. The zero-order valence-electron chi connectivity index (χ0n) is 11.0. The van der Waals surface area contributed by atoms with Crippen molar-refractivity contribution in [2.24, 2.45) is 7.05 Å². The van der Waals surface area contributed by atoms with E-state index >= 15 is 0 Å². The highest BCUT2D eigenvalue weighted by Crippen LogP contribution is 2.32. The van der Waals surface area contributed by atoms with Crippen molar-refractivity contribution in [3.05, 3.63) is 42.1 Å². The molecule has 4 heteroatoms. The predicted molar refractivity (Wildman–Crippen MR) is 73.8 cm³/mol. The molecule has 1 aromatic heterocycles. The Kier molecular flexibility index (Phi) is 2.87. The van der Waals surface area contributed by atoms with Gasteiger partial charge in [-0.05, 0) is 36.8 Å². The highest BCUT2D eigenvalue weighted by atomic mass is 16.5. The number of nitrogens with zero attached hydrogens (tertiary/aromatic N) is 1. The second-order valence-corrected chi connectivity index (χ2v) is 4.81. The van der Waals surface area contributed by atoms with E-state index in [1.165, 1.54) is 0 Å². The number of anilines is 1. The third-order valence-corrected chi connectivity index (χ3v) is 3.47. The highest BCUT2D eigenvalue weighted by Gasteiger charge is 2.19. The second-order valence-electron chi connectivity index (χ2n) is 4.81. The first-order chi connectivity index (χ1) is 9.15. The van der Waals surface area contributed by atoms with Gasteiger partial charge in [-0.25, -0.2) is 0 Å². The van der Waals surface area contributed by atoms with Crippen LogP contribution in [0.25, 0.3) is 11.3 Å². The summed E-state index contributed by atoms with van der Waals surface area (Å²) in [5, 5.41) is 2.87. The number of carbonyl (C=O) groups excluding carboxylic acids is 1. The van der Waals surface area contributed by atoms with E-state index in [2.05, 4.69) is 22.0 Å². The Morgan fingerprint density at radius 3 is 2.95 bits per heavy atom. The normalized spacial score (nSPS) is 18.6. The third-order valence-electron chi connectivity index (χ3n) is 3.47. The van der Waals surface area contributed by atoms with Gasteiger partial charge in [-0.15, -0.1) is 0 Å². The maximum Gasteiger partial charge on any atom is 0.250 e. The number of ether oxygens (including phenoxy) is 1. The van der Waals surface area contributed by atoms with Gasteiger partial charge in [0.1, 0.15) is 6.61 Å². The smallest absolute Gasteiger partial charge is 0.250 e. The summed E-state index contributed by atoms with van der Waals surface area (Å²) in [5.41, 5.74) is 4.13. The molecule has 1 atom stereocenters. The van der Waals surface area contributed by atoms with Crippen molar-refractivity contribution in [1.82, 2.24) is 4.57 Å². The van der Waals surface area contributed by atoms with E-state index in [4.69, 9.17) is 4.74 Å². The van der Waals surface area contributed by atoms with Crippen LogP contribution in [0.3, 0.4) is 0 Å². The number of benzene rings is 1. The van der Waals surface area contributed by atoms with Crippen molar-refractivity contribution in [3.63, 3.8) is 0 Å². The average molecular weight is 256 g/mol. The van der Waals surface area contributed by atoms with Crippen molar-refractivity contribution in [2.45, 2.75) is 13.0 Å². The molecule has 1 unspecified atom stereocenters. The van der Waals surface area contributed by atoms with Gasteiger partial charge in [-0.1, -0.05) is 6.07 Å². The summed E-state index contributed by atoms with van der Waals surface area (Å²) in [5.74, 6) is -0.0998. The molecular weight excluding hydrogens is 240 g/mol. The van der Waals surface area contributed by atoms with E-state index in [9.17, 15) is 4.79 Å². The summed E-state index contributed by atoms with van der Waals surface area (Å²) in [6, 6.07) is 10.1. The molecule has 4 nitrogen and oxygen atoms in total. The molecule has 0 bridgehead atoms. The van der Waals surface area contributed by atoms with Gasteiger partial charge in [-0.3, -0.25) is 4.79 Å². The van der Waals surface area contributed by atoms with E-state index in [1.807, 2.05) is 38.4 Å². The summed E-state index contributed by atoms with van der Waals surface area (Å²) in [7, 11) is 2.02. The Balaban J connectivity index is 2.08. The number of hydrogen-bond donors (Lipinski definition) is 1. The first-order valence-corrected chi connectivity index (χ1v) is 6.32. The lowest BCUT2D eigenvalue weighted by Crippen LogP contribution is -2.15. The Morgan fingerprint density at radius 2 is 2.21 bits per heavy atom. The zero-order chi connectivity index (χ0) is 13.4. The summed E-state index contributed by atoms with van der Waals surface area (Å²) in [6.45, 7) is 2.07. The summed E-state index contributed by atoms with van der Waals surface area (Å²) < 4.78 is 7.60. The lowest BCUT2D eigenvalue weighted by molar-refractivity contribution is -0.121. The molecule has 0 spiro atoms. The van der Waals surface area contributed by atoms with Gasteiger partial charge in [0.2, 0.25) is 5.91 Å². The molecule has 2 aromatic rings. The first-order valence-electron chi connectivity index (χ1n) is 6.32. The van der Waals surface area contributed by atoms with Crippen LogP contribution in [0.5, 0.6) is 0 Å². The lowest BCUT2D eigenvalue weighted by Gasteiger charge is -2.14. The summed E-state index contributed by atoms with van der Waals surface area (Å²) >= 11 is 0. The fraction of sp³-hybridized carbons (Fsp3) is 0.267. The van der Waals surface area contributed by atoms with E-state index in [1.54, 1.807) is 0 Å². The maximum atomic E-state index is 11.5. The molecule has 0 radical (unpaired) electrons. The lowest BCUT2D eigenvalue weighted by atomic mass is 10.0. The quantitative estimate of drug-likeness (QED) is 0.852. The van der Waals surface area contributed by atoms with E-state index < -0.39 is 0 Å². The van der Waals surface area contributed by atoms with Crippen LogP contribution in [-0.2, 0) is 16.6 Å². The molecule has 0 fully saturated rings. The second kappa shape index (κ2) is 4.55. The largest absolute Gasteiger partial charge is 0.364 e. The van der Waals surface area contributed by atoms with E-state index in [-0.39, 0.29) is 18.6 Å². The van der Waals surface area contributed by atoms with Gasteiger partial charge < -0.3 is 14.6 Å². The first kappa shape index (κ1) is 12.0. The Bertz CT molecular complexity index is 631. The molecule has 3 rings (SSSR count). The number of nitrogens with one attached hydrogen (secondary N) is 1. The molecule has 0 saturated carbocycles. The molecule has 98 valence electrons. The minimum atomic E-state index is -0.0998. The number of amides is 1. The number of hydrogen-bond acceptors (Lipinski definition) is 2. The average Bonchev–Trinajstić information content (AvgIpc) is 2.76. The van der Waals surface area contributed by atoms with Crippen LogP contribution in [0.1, 0.15) is 18.6 Å². The van der Waals surface area contributed by atoms with Crippen molar-refractivity contribution in [1.29, 1.82) is 0 Å². The fourth-order valence-corrected chi connectivity index (χ4v) is 2.41. The Morgan fingerprint density at radius 1 is 1.37 bits per heavy atom. The molecule has 1 aromatic carbocycles. The molecule has 19 heavy (non-hydrogen) atoms. The minimum Gasteiger partial charge on any atom is -0.364 e.